The Kier molecular flexibility index (Phi) is 5.97. The number of nitro benzene ring substituents is 1. The highest BCUT2D eigenvalue weighted by atomic mass is 32.2. The van der Waals surface area contributed by atoms with Gasteiger partial charge in [0.2, 0.25) is 5.16 Å². The second kappa shape index (κ2) is 8.27. The number of aromatic amines is 1. The summed E-state index contributed by atoms with van der Waals surface area (Å²) in [6, 6.07) is 3.07. The first kappa shape index (κ1) is 23.8. The predicted molar refractivity (Wildman–Crippen MR) is 98.4 cm³/mol. The number of hydrogen-bond donors (Lipinski definition) is 2. The first-order valence-electron chi connectivity index (χ1n) is 8.36. The maximum Gasteiger partial charge on any atom is 0.418 e. The van der Waals surface area contributed by atoms with Crippen molar-refractivity contribution in [1.82, 2.24) is 14.8 Å². The van der Waals surface area contributed by atoms with Gasteiger partial charge < -0.3 is 5.11 Å². The van der Waals surface area contributed by atoms with Gasteiger partial charge in [-0.05, 0) is 42.1 Å². The molecule has 1 heterocycles. The molecule has 2 N–H and O–H groups in total. The normalized spacial score (nSPS) is 12.1. The van der Waals surface area contributed by atoms with E-state index in [1.807, 2.05) is 5.10 Å². The first-order valence-corrected chi connectivity index (χ1v) is 9.17. The number of H-pyrrole nitrogens is 1. The van der Waals surface area contributed by atoms with Crippen LogP contribution in [0.4, 0.5) is 32.0 Å². The predicted octanol–water partition coefficient (Wildman–Crippen LogP) is 4.36. The van der Waals surface area contributed by atoms with Gasteiger partial charge in [-0.25, -0.2) is 19.3 Å². The summed E-state index contributed by atoms with van der Waals surface area (Å²) < 4.78 is 79.5. The summed E-state index contributed by atoms with van der Waals surface area (Å²) in [4.78, 5) is 33.1. The van der Waals surface area contributed by atoms with Gasteiger partial charge in [0.05, 0.1) is 32.2 Å². The zero-order valence-electron chi connectivity index (χ0n) is 15.6. The Morgan fingerprint density at radius 1 is 1.09 bits per heavy atom. The van der Waals surface area contributed by atoms with Gasteiger partial charge in [0.1, 0.15) is 0 Å². The van der Waals surface area contributed by atoms with E-state index in [0.29, 0.717) is 34.9 Å². The number of rotatable bonds is 5. The van der Waals surface area contributed by atoms with Crippen LogP contribution in [0.5, 0.6) is 0 Å². The van der Waals surface area contributed by atoms with Gasteiger partial charge in [0.25, 0.3) is 5.69 Å². The van der Waals surface area contributed by atoms with E-state index in [2.05, 4.69) is 5.10 Å². The van der Waals surface area contributed by atoms with Crippen molar-refractivity contribution in [2.45, 2.75) is 22.4 Å². The maximum atomic E-state index is 13.5. The van der Waals surface area contributed by atoms with E-state index >= 15 is 0 Å². The molecule has 0 bridgehead atoms. The molecule has 0 fully saturated rings. The molecule has 0 unspecified atom stereocenters. The molecule has 0 aliphatic heterocycles. The van der Waals surface area contributed by atoms with E-state index in [4.69, 9.17) is 5.11 Å². The topological polar surface area (TPSA) is 131 Å². The van der Waals surface area contributed by atoms with Crippen LogP contribution in [0.15, 0.2) is 51.2 Å². The van der Waals surface area contributed by atoms with Gasteiger partial charge >= 0.3 is 24.0 Å². The fraction of sp³-hybridized carbons (Fsp3) is 0.118. The third-order valence-corrected chi connectivity index (χ3v) is 5.14. The average molecular weight is 494 g/mol. The Balaban J connectivity index is 2.20. The molecule has 0 amide bonds. The first-order chi connectivity index (χ1) is 15.2. The Labute approximate surface area is 181 Å². The lowest BCUT2D eigenvalue weighted by Crippen LogP contribution is -2.21. The van der Waals surface area contributed by atoms with Gasteiger partial charge in [-0.3, -0.25) is 10.1 Å². The summed E-state index contributed by atoms with van der Waals surface area (Å²) in [5, 5.41) is 25.1. The molecule has 1 aromatic heterocycles. The molecular formula is C17H8F6N4O5S. The maximum absolute atomic E-state index is 13.5. The van der Waals surface area contributed by atoms with E-state index in [0.717, 1.165) is 0 Å². The van der Waals surface area contributed by atoms with Crippen LogP contribution in [0, 0.1) is 10.1 Å². The van der Waals surface area contributed by atoms with Crippen LogP contribution in [-0.2, 0) is 12.4 Å². The largest absolute Gasteiger partial charge is 0.478 e. The lowest BCUT2D eigenvalue weighted by Gasteiger charge is -2.15. The molecule has 0 aliphatic rings. The van der Waals surface area contributed by atoms with Crippen molar-refractivity contribution in [3.05, 3.63) is 73.7 Å². The minimum Gasteiger partial charge on any atom is -0.478 e. The van der Waals surface area contributed by atoms with E-state index in [-0.39, 0.29) is 17.8 Å². The van der Waals surface area contributed by atoms with Crippen LogP contribution in [-0.4, -0.2) is 30.8 Å². The Bertz CT molecular complexity index is 1310. The molecule has 33 heavy (non-hydrogen) atoms. The quantitative estimate of drug-likeness (QED) is 0.306. The van der Waals surface area contributed by atoms with E-state index in [9.17, 15) is 46.0 Å². The highest BCUT2D eigenvalue weighted by Crippen LogP contribution is 2.40. The zero-order chi connectivity index (χ0) is 24.7. The van der Waals surface area contributed by atoms with Crippen molar-refractivity contribution in [2.75, 3.05) is 0 Å². The highest BCUT2D eigenvalue weighted by Gasteiger charge is 2.36. The lowest BCUT2D eigenvalue weighted by molar-refractivity contribution is -0.388. The van der Waals surface area contributed by atoms with Crippen LogP contribution in [0.2, 0.25) is 0 Å². The van der Waals surface area contributed by atoms with E-state index in [1.165, 1.54) is 0 Å². The SMILES string of the molecule is O=C(O)c1ccc(C(F)(F)F)c(-n2c(Sc3ccc(C(F)(F)F)cc3[N+](=O)[O-])n[nH]c2=O)c1. The molecule has 9 nitrogen and oxygen atoms in total. The van der Waals surface area contributed by atoms with Crippen molar-refractivity contribution in [3.8, 4) is 5.69 Å². The highest BCUT2D eigenvalue weighted by molar-refractivity contribution is 7.99. The molecule has 2 aromatic carbocycles. The number of aromatic carboxylic acids is 1. The number of halogens is 6. The minimum absolute atomic E-state index is 0.226. The molecule has 3 rings (SSSR count). The average Bonchev–Trinajstić information content (AvgIpc) is 3.06. The van der Waals surface area contributed by atoms with Crippen LogP contribution in [0.25, 0.3) is 5.69 Å². The summed E-state index contributed by atoms with van der Waals surface area (Å²) in [5.41, 5.74) is -6.60. The molecule has 0 atom stereocenters. The number of nitrogens with zero attached hydrogens (tertiary/aromatic N) is 3. The van der Waals surface area contributed by atoms with Crippen molar-refractivity contribution in [2.24, 2.45) is 0 Å². The number of alkyl halides is 6. The van der Waals surface area contributed by atoms with Gasteiger partial charge in [-0.1, -0.05) is 0 Å². The second-order valence-electron chi connectivity index (χ2n) is 6.22. The Morgan fingerprint density at radius 3 is 2.30 bits per heavy atom. The van der Waals surface area contributed by atoms with Crippen LogP contribution < -0.4 is 5.69 Å². The molecular weight excluding hydrogens is 486 g/mol. The summed E-state index contributed by atoms with van der Waals surface area (Å²) in [6.45, 7) is 0. The molecule has 0 saturated heterocycles. The number of carbonyl (C=O) groups is 1. The molecule has 0 spiro atoms. The standard InChI is InChI=1S/C17H8F6N4O5S/c18-16(19,20)8-2-4-12(11(6-8)27(31)32)33-15-25-24-14(30)26(15)10-5-7(13(28)29)1-3-9(10)17(21,22)23/h1-6H,(H,24,30)(H,28,29). The summed E-state index contributed by atoms with van der Waals surface area (Å²) in [6.07, 6.45) is -9.94. The van der Waals surface area contributed by atoms with Crippen molar-refractivity contribution in [3.63, 3.8) is 0 Å². The fourth-order valence-electron chi connectivity index (χ4n) is 2.67. The Hall–Kier alpha value is -3.82. The lowest BCUT2D eigenvalue weighted by atomic mass is 10.1. The molecule has 0 saturated carbocycles. The minimum atomic E-state index is -5.04. The van der Waals surface area contributed by atoms with Crippen LogP contribution in [0.3, 0.4) is 0 Å². The van der Waals surface area contributed by atoms with Crippen molar-refractivity contribution < 1.29 is 41.2 Å². The van der Waals surface area contributed by atoms with Crippen molar-refractivity contribution in [1.29, 1.82) is 0 Å². The van der Waals surface area contributed by atoms with Gasteiger partial charge in [-0.15, -0.1) is 5.10 Å². The second-order valence-corrected chi connectivity index (χ2v) is 7.23. The number of nitrogens with one attached hydrogen (secondary N) is 1. The monoisotopic (exact) mass is 494 g/mol. The summed E-state index contributed by atoms with van der Waals surface area (Å²) in [5.74, 6) is -1.60. The number of aromatic nitrogens is 3. The fourth-order valence-corrected chi connectivity index (χ4v) is 3.61. The summed E-state index contributed by atoms with van der Waals surface area (Å²) in [7, 11) is 0. The molecule has 0 aliphatic carbocycles. The third kappa shape index (κ3) is 4.84. The number of hydrogen-bond acceptors (Lipinski definition) is 6. The van der Waals surface area contributed by atoms with E-state index < -0.39 is 67.1 Å². The smallest absolute Gasteiger partial charge is 0.418 e. The molecule has 0 radical (unpaired) electrons. The van der Waals surface area contributed by atoms with Crippen LogP contribution in [0.1, 0.15) is 21.5 Å². The van der Waals surface area contributed by atoms with Gasteiger partial charge in [-0.2, -0.15) is 26.3 Å². The Morgan fingerprint density at radius 2 is 1.76 bits per heavy atom. The zero-order valence-corrected chi connectivity index (χ0v) is 16.4. The van der Waals surface area contributed by atoms with Gasteiger partial charge in [0.15, 0.2) is 0 Å². The number of carboxylic acids is 1. The number of nitro groups is 1. The molecule has 174 valence electrons. The summed E-state index contributed by atoms with van der Waals surface area (Å²) >= 11 is 0.235. The number of carboxylic acid groups (broad SMARTS) is 1. The van der Waals surface area contributed by atoms with Crippen molar-refractivity contribution >= 4 is 23.4 Å². The molecule has 16 heteroatoms. The van der Waals surface area contributed by atoms with Crippen LogP contribution >= 0.6 is 11.8 Å². The van der Waals surface area contributed by atoms with Gasteiger partial charge in [0, 0.05) is 6.07 Å². The third-order valence-electron chi connectivity index (χ3n) is 4.12. The molecule has 3 aromatic rings. The number of benzene rings is 2. The van der Waals surface area contributed by atoms with E-state index in [1.54, 1.807) is 0 Å².